The molecule has 0 radical (unpaired) electrons. The number of carboxylic acid groups (broad SMARTS) is 1. The van der Waals surface area contributed by atoms with Crippen molar-refractivity contribution in [1.82, 2.24) is 4.98 Å². The Bertz CT molecular complexity index is 534. The molecular formula is C11H9NO3S. The number of carbonyl (C=O) groups is 1. The highest BCUT2D eigenvalue weighted by Crippen LogP contribution is 2.37. The maximum atomic E-state index is 10.9. The van der Waals surface area contributed by atoms with Crippen LogP contribution in [0, 0.1) is 0 Å². The van der Waals surface area contributed by atoms with Crippen molar-refractivity contribution in [2.24, 2.45) is 0 Å². The van der Waals surface area contributed by atoms with Gasteiger partial charge in [-0.1, -0.05) is 0 Å². The van der Waals surface area contributed by atoms with Crippen LogP contribution in [0.4, 0.5) is 0 Å². The Hall–Kier alpha value is -1.62. The van der Waals surface area contributed by atoms with Crippen LogP contribution in [0.2, 0.25) is 0 Å². The fourth-order valence-electron chi connectivity index (χ4n) is 2.01. The van der Waals surface area contributed by atoms with Crippen molar-refractivity contribution in [1.29, 1.82) is 0 Å². The monoisotopic (exact) mass is 235 g/mol. The van der Waals surface area contributed by atoms with Gasteiger partial charge in [0.05, 0.1) is 4.88 Å². The number of nitrogens with zero attached hydrogens (tertiary/aromatic N) is 1. The lowest BCUT2D eigenvalue weighted by Crippen LogP contribution is -1.97. The van der Waals surface area contributed by atoms with E-state index in [0.717, 1.165) is 17.7 Å². The standard InChI is InChI=1S/C11H9NO3S/c13-11(14)9-10(15-5-12-9)8-4-6-2-1-3-7(6)16-8/h4-5H,1-3H2,(H,13,14). The third-order valence-electron chi connectivity index (χ3n) is 2.74. The first-order valence-corrected chi connectivity index (χ1v) is 5.86. The van der Waals surface area contributed by atoms with Gasteiger partial charge in [-0.05, 0) is 30.9 Å². The summed E-state index contributed by atoms with van der Waals surface area (Å²) in [6.07, 6.45) is 4.56. The molecule has 2 heterocycles. The lowest BCUT2D eigenvalue weighted by atomic mass is 10.2. The number of carboxylic acids is 1. The van der Waals surface area contributed by atoms with E-state index in [4.69, 9.17) is 9.52 Å². The van der Waals surface area contributed by atoms with E-state index in [-0.39, 0.29) is 5.69 Å². The van der Waals surface area contributed by atoms with Crippen LogP contribution in [0.3, 0.4) is 0 Å². The summed E-state index contributed by atoms with van der Waals surface area (Å²) in [5, 5.41) is 8.95. The van der Waals surface area contributed by atoms with E-state index < -0.39 is 5.97 Å². The van der Waals surface area contributed by atoms with E-state index in [1.54, 1.807) is 11.3 Å². The molecule has 0 atom stereocenters. The molecule has 16 heavy (non-hydrogen) atoms. The van der Waals surface area contributed by atoms with Gasteiger partial charge in [-0.25, -0.2) is 9.78 Å². The highest BCUT2D eigenvalue weighted by atomic mass is 32.1. The molecule has 0 amide bonds. The zero-order valence-electron chi connectivity index (χ0n) is 8.40. The van der Waals surface area contributed by atoms with Gasteiger partial charge in [-0.15, -0.1) is 11.3 Å². The maximum Gasteiger partial charge on any atom is 0.358 e. The van der Waals surface area contributed by atoms with Gasteiger partial charge in [-0.3, -0.25) is 0 Å². The smallest absolute Gasteiger partial charge is 0.358 e. The van der Waals surface area contributed by atoms with Gasteiger partial charge in [0.15, 0.2) is 17.8 Å². The average molecular weight is 235 g/mol. The predicted molar refractivity (Wildman–Crippen MR) is 58.8 cm³/mol. The molecule has 82 valence electrons. The molecule has 1 N–H and O–H groups in total. The number of aryl methyl sites for hydroxylation is 2. The number of hydrogen-bond donors (Lipinski definition) is 1. The summed E-state index contributed by atoms with van der Waals surface area (Å²) in [5.74, 6) is -0.663. The first-order valence-electron chi connectivity index (χ1n) is 5.04. The Morgan fingerprint density at radius 1 is 1.50 bits per heavy atom. The quantitative estimate of drug-likeness (QED) is 0.869. The van der Waals surface area contributed by atoms with Crippen molar-refractivity contribution in [3.8, 4) is 10.6 Å². The van der Waals surface area contributed by atoms with Crippen molar-refractivity contribution < 1.29 is 14.3 Å². The van der Waals surface area contributed by atoms with E-state index in [0.29, 0.717) is 5.76 Å². The van der Waals surface area contributed by atoms with Crippen LogP contribution in [0.5, 0.6) is 0 Å². The Morgan fingerprint density at radius 3 is 3.12 bits per heavy atom. The summed E-state index contributed by atoms with van der Waals surface area (Å²) in [6.45, 7) is 0. The second-order valence-electron chi connectivity index (χ2n) is 3.75. The lowest BCUT2D eigenvalue weighted by Gasteiger charge is -1.93. The third kappa shape index (κ3) is 1.36. The topological polar surface area (TPSA) is 63.3 Å². The summed E-state index contributed by atoms with van der Waals surface area (Å²) in [4.78, 5) is 16.9. The van der Waals surface area contributed by atoms with Crippen molar-refractivity contribution >= 4 is 17.3 Å². The van der Waals surface area contributed by atoms with Gasteiger partial charge >= 0.3 is 5.97 Å². The zero-order chi connectivity index (χ0) is 11.1. The number of oxazole rings is 1. The van der Waals surface area contributed by atoms with Crippen molar-refractivity contribution in [2.45, 2.75) is 19.3 Å². The van der Waals surface area contributed by atoms with Gasteiger partial charge in [0.2, 0.25) is 0 Å². The first-order chi connectivity index (χ1) is 7.75. The van der Waals surface area contributed by atoms with E-state index in [1.165, 1.54) is 23.3 Å². The Morgan fingerprint density at radius 2 is 2.38 bits per heavy atom. The molecule has 0 saturated heterocycles. The van der Waals surface area contributed by atoms with E-state index in [1.807, 2.05) is 6.07 Å². The highest BCUT2D eigenvalue weighted by Gasteiger charge is 2.22. The molecule has 3 rings (SSSR count). The second kappa shape index (κ2) is 3.45. The number of hydrogen-bond acceptors (Lipinski definition) is 4. The minimum absolute atomic E-state index is 0.0000709. The molecule has 0 aromatic carbocycles. The van der Waals surface area contributed by atoms with Gasteiger partial charge < -0.3 is 9.52 Å². The summed E-state index contributed by atoms with van der Waals surface area (Å²) in [5.41, 5.74) is 1.33. The second-order valence-corrected chi connectivity index (χ2v) is 4.88. The SMILES string of the molecule is O=C(O)c1ncoc1-c1cc2c(s1)CCC2. The fourth-order valence-corrected chi connectivity index (χ4v) is 3.26. The Labute approximate surface area is 95.6 Å². The molecule has 0 fully saturated rings. The molecule has 0 unspecified atom stereocenters. The molecule has 2 aromatic heterocycles. The number of fused-ring (bicyclic) bond motifs is 1. The van der Waals surface area contributed by atoms with Crippen LogP contribution >= 0.6 is 11.3 Å². The molecule has 1 aliphatic carbocycles. The fraction of sp³-hybridized carbons (Fsp3) is 0.273. The molecule has 1 aliphatic rings. The third-order valence-corrected chi connectivity index (χ3v) is 3.98. The Balaban J connectivity index is 2.08. The first kappa shape index (κ1) is 9.59. The molecule has 4 nitrogen and oxygen atoms in total. The molecule has 5 heteroatoms. The molecule has 0 bridgehead atoms. The van der Waals surface area contributed by atoms with Crippen molar-refractivity contribution in [2.75, 3.05) is 0 Å². The summed E-state index contributed by atoms with van der Waals surface area (Å²) >= 11 is 1.61. The molecular weight excluding hydrogens is 226 g/mol. The van der Waals surface area contributed by atoms with Crippen molar-refractivity contribution in [3.63, 3.8) is 0 Å². The van der Waals surface area contributed by atoms with Gasteiger partial charge in [0.1, 0.15) is 0 Å². The number of rotatable bonds is 2. The average Bonchev–Trinajstić information content (AvgIpc) is 2.91. The summed E-state index contributed by atoms with van der Waals surface area (Å²) in [7, 11) is 0. The van der Waals surface area contributed by atoms with Gasteiger partial charge in [-0.2, -0.15) is 0 Å². The minimum Gasteiger partial charge on any atom is -0.476 e. The van der Waals surface area contributed by atoms with Crippen molar-refractivity contribution in [3.05, 3.63) is 28.6 Å². The van der Waals surface area contributed by atoms with E-state index >= 15 is 0 Å². The van der Waals surface area contributed by atoms with Crippen LogP contribution in [-0.2, 0) is 12.8 Å². The molecule has 0 aliphatic heterocycles. The summed E-state index contributed by atoms with van der Waals surface area (Å²) in [6, 6.07) is 2.03. The van der Waals surface area contributed by atoms with Gasteiger partial charge in [0.25, 0.3) is 0 Å². The Kier molecular flexibility index (Phi) is 2.07. The number of aromatic nitrogens is 1. The van der Waals surface area contributed by atoms with Crippen LogP contribution in [0.15, 0.2) is 16.9 Å². The van der Waals surface area contributed by atoms with E-state index in [9.17, 15) is 4.79 Å². The summed E-state index contributed by atoms with van der Waals surface area (Å²) < 4.78 is 5.17. The van der Waals surface area contributed by atoms with Crippen LogP contribution in [-0.4, -0.2) is 16.1 Å². The largest absolute Gasteiger partial charge is 0.476 e. The molecule has 0 spiro atoms. The van der Waals surface area contributed by atoms with Gasteiger partial charge in [0, 0.05) is 4.88 Å². The molecule has 2 aromatic rings. The predicted octanol–water partition coefficient (Wildman–Crippen LogP) is 2.59. The normalized spacial score (nSPS) is 14.0. The lowest BCUT2D eigenvalue weighted by molar-refractivity contribution is 0.0691. The highest BCUT2D eigenvalue weighted by molar-refractivity contribution is 7.15. The minimum atomic E-state index is -1.04. The zero-order valence-corrected chi connectivity index (χ0v) is 9.21. The number of aromatic carboxylic acids is 1. The van der Waals surface area contributed by atoms with Crippen LogP contribution in [0.25, 0.3) is 10.6 Å². The number of thiophene rings is 1. The van der Waals surface area contributed by atoms with Crippen LogP contribution < -0.4 is 0 Å². The maximum absolute atomic E-state index is 10.9. The molecule has 0 saturated carbocycles. The van der Waals surface area contributed by atoms with Crippen LogP contribution in [0.1, 0.15) is 27.3 Å². The van der Waals surface area contributed by atoms with E-state index in [2.05, 4.69) is 4.98 Å².